The number of rotatable bonds is 2. The molecule has 124 valence electrons. The van der Waals surface area contributed by atoms with Crippen molar-refractivity contribution in [2.75, 3.05) is 0 Å². The second kappa shape index (κ2) is 5.81. The molecular formula is C23H17N3. The third kappa shape index (κ3) is 2.37. The third-order valence-electron chi connectivity index (χ3n) is 4.78. The normalized spacial score (nSPS) is 11.3. The Balaban J connectivity index is 1.66. The van der Waals surface area contributed by atoms with Crippen molar-refractivity contribution in [2.45, 2.75) is 0 Å². The Labute approximate surface area is 151 Å². The Morgan fingerprint density at radius 2 is 1.42 bits per heavy atom. The molecule has 26 heavy (non-hydrogen) atoms. The molecular weight excluding hydrogens is 318 g/mol. The van der Waals surface area contributed by atoms with E-state index in [0.717, 1.165) is 33.5 Å². The number of hydrogen-bond donors (Lipinski definition) is 0. The van der Waals surface area contributed by atoms with Crippen molar-refractivity contribution in [1.82, 2.24) is 14.5 Å². The van der Waals surface area contributed by atoms with Gasteiger partial charge in [-0.15, -0.1) is 0 Å². The van der Waals surface area contributed by atoms with E-state index in [2.05, 4.69) is 66.3 Å². The van der Waals surface area contributed by atoms with Crippen LogP contribution >= 0.6 is 0 Å². The number of hydrogen-bond acceptors (Lipinski definition) is 2. The first-order valence-corrected chi connectivity index (χ1v) is 8.67. The Morgan fingerprint density at radius 3 is 2.38 bits per heavy atom. The van der Waals surface area contributed by atoms with Gasteiger partial charge in [-0.1, -0.05) is 48.5 Å². The SMILES string of the molecule is Cn1cc(-c2cccc(-c3ccc4ccccc4n3)n2)c2ccccc21. The van der Waals surface area contributed by atoms with Gasteiger partial charge >= 0.3 is 0 Å². The maximum atomic E-state index is 4.91. The van der Waals surface area contributed by atoms with Crippen molar-refractivity contribution in [3.63, 3.8) is 0 Å². The fourth-order valence-electron chi connectivity index (χ4n) is 3.48. The maximum absolute atomic E-state index is 4.91. The van der Waals surface area contributed by atoms with E-state index in [9.17, 15) is 0 Å². The van der Waals surface area contributed by atoms with Gasteiger partial charge in [0.1, 0.15) is 0 Å². The first kappa shape index (κ1) is 14.8. The highest BCUT2D eigenvalue weighted by atomic mass is 14.9. The van der Waals surface area contributed by atoms with Crippen LogP contribution in [-0.4, -0.2) is 14.5 Å². The summed E-state index contributed by atoms with van der Waals surface area (Å²) in [6.45, 7) is 0. The van der Waals surface area contributed by atoms with Gasteiger partial charge in [0.05, 0.1) is 22.6 Å². The van der Waals surface area contributed by atoms with Crippen molar-refractivity contribution in [2.24, 2.45) is 7.05 Å². The van der Waals surface area contributed by atoms with E-state index in [1.54, 1.807) is 0 Å². The molecule has 0 saturated carbocycles. The molecule has 0 aliphatic heterocycles. The van der Waals surface area contributed by atoms with Crippen LogP contribution in [0.2, 0.25) is 0 Å². The van der Waals surface area contributed by atoms with Gasteiger partial charge in [-0.3, -0.25) is 0 Å². The van der Waals surface area contributed by atoms with Crippen molar-refractivity contribution in [3.05, 3.63) is 85.1 Å². The standard InChI is InChI=1S/C23H17N3/c1-26-15-18(17-8-3-5-12-23(17)26)20-10-6-11-21(25-20)22-14-13-16-7-2-4-9-19(16)24-22/h2-15H,1H3. The third-order valence-corrected chi connectivity index (χ3v) is 4.78. The van der Waals surface area contributed by atoms with Crippen molar-refractivity contribution >= 4 is 21.8 Å². The molecule has 0 fully saturated rings. The summed E-state index contributed by atoms with van der Waals surface area (Å²) in [6, 6.07) is 26.8. The Morgan fingerprint density at radius 1 is 0.654 bits per heavy atom. The summed E-state index contributed by atoms with van der Waals surface area (Å²) >= 11 is 0. The summed E-state index contributed by atoms with van der Waals surface area (Å²) < 4.78 is 2.15. The van der Waals surface area contributed by atoms with Crippen LogP contribution in [0.15, 0.2) is 85.1 Å². The van der Waals surface area contributed by atoms with E-state index in [-0.39, 0.29) is 0 Å². The van der Waals surface area contributed by atoms with Gasteiger partial charge < -0.3 is 4.57 Å². The minimum atomic E-state index is 0.890. The highest BCUT2D eigenvalue weighted by Gasteiger charge is 2.11. The smallest absolute Gasteiger partial charge is 0.0894 e. The average molecular weight is 335 g/mol. The van der Waals surface area contributed by atoms with E-state index < -0.39 is 0 Å². The topological polar surface area (TPSA) is 30.7 Å². The molecule has 0 N–H and O–H groups in total. The molecule has 0 radical (unpaired) electrons. The highest BCUT2D eigenvalue weighted by Crippen LogP contribution is 2.30. The number of aryl methyl sites for hydroxylation is 1. The summed E-state index contributed by atoms with van der Waals surface area (Å²) in [7, 11) is 2.07. The summed E-state index contributed by atoms with van der Waals surface area (Å²) in [6.07, 6.45) is 2.14. The fourth-order valence-corrected chi connectivity index (χ4v) is 3.48. The number of aromatic nitrogens is 3. The van der Waals surface area contributed by atoms with E-state index in [1.807, 2.05) is 30.3 Å². The summed E-state index contributed by atoms with van der Waals surface area (Å²) in [5, 5.41) is 2.35. The lowest BCUT2D eigenvalue weighted by Crippen LogP contribution is -1.90. The monoisotopic (exact) mass is 335 g/mol. The van der Waals surface area contributed by atoms with E-state index in [0.29, 0.717) is 0 Å². The van der Waals surface area contributed by atoms with Gasteiger partial charge in [-0.25, -0.2) is 9.97 Å². The van der Waals surface area contributed by atoms with E-state index in [4.69, 9.17) is 9.97 Å². The molecule has 3 nitrogen and oxygen atoms in total. The lowest BCUT2D eigenvalue weighted by Gasteiger charge is -2.05. The molecule has 3 heterocycles. The van der Waals surface area contributed by atoms with Crippen LogP contribution < -0.4 is 0 Å². The van der Waals surface area contributed by atoms with Crippen molar-refractivity contribution in [3.8, 4) is 22.6 Å². The Bertz CT molecular complexity index is 1250. The molecule has 2 aromatic carbocycles. The van der Waals surface area contributed by atoms with Crippen LogP contribution in [-0.2, 0) is 7.05 Å². The maximum Gasteiger partial charge on any atom is 0.0894 e. The van der Waals surface area contributed by atoms with E-state index >= 15 is 0 Å². The number of nitrogens with zero attached hydrogens (tertiary/aromatic N) is 3. The van der Waals surface area contributed by atoms with Crippen LogP contribution in [0.25, 0.3) is 44.5 Å². The zero-order chi connectivity index (χ0) is 17.5. The molecule has 0 atom stereocenters. The predicted molar refractivity (Wildman–Crippen MR) is 107 cm³/mol. The molecule has 0 unspecified atom stereocenters. The lowest BCUT2D eigenvalue weighted by molar-refractivity contribution is 0.969. The summed E-state index contributed by atoms with van der Waals surface area (Å²) in [5.74, 6) is 0. The zero-order valence-corrected chi connectivity index (χ0v) is 14.4. The van der Waals surface area contributed by atoms with Crippen molar-refractivity contribution in [1.29, 1.82) is 0 Å². The van der Waals surface area contributed by atoms with Crippen LogP contribution in [0.3, 0.4) is 0 Å². The van der Waals surface area contributed by atoms with Crippen LogP contribution in [0.4, 0.5) is 0 Å². The van der Waals surface area contributed by atoms with Crippen LogP contribution in [0.1, 0.15) is 0 Å². The lowest BCUT2D eigenvalue weighted by atomic mass is 10.1. The molecule has 0 amide bonds. The molecule has 5 rings (SSSR count). The van der Waals surface area contributed by atoms with Crippen LogP contribution in [0, 0.1) is 0 Å². The fraction of sp³-hybridized carbons (Fsp3) is 0.0435. The molecule has 0 aliphatic rings. The number of fused-ring (bicyclic) bond motifs is 2. The molecule has 0 saturated heterocycles. The number of pyridine rings is 2. The van der Waals surface area contributed by atoms with Gasteiger partial charge in [0.25, 0.3) is 0 Å². The minimum Gasteiger partial charge on any atom is -0.350 e. The predicted octanol–water partition coefficient (Wildman–Crippen LogP) is 5.46. The Kier molecular flexibility index (Phi) is 3.32. The summed E-state index contributed by atoms with van der Waals surface area (Å²) in [4.78, 5) is 9.69. The molecule has 0 bridgehead atoms. The largest absolute Gasteiger partial charge is 0.350 e. The summed E-state index contributed by atoms with van der Waals surface area (Å²) in [5.41, 5.74) is 6.09. The highest BCUT2D eigenvalue weighted by molar-refractivity contribution is 5.95. The first-order chi connectivity index (χ1) is 12.8. The molecule has 3 heteroatoms. The molecule has 0 aliphatic carbocycles. The second-order valence-electron chi connectivity index (χ2n) is 6.47. The molecule has 3 aromatic heterocycles. The second-order valence-corrected chi connectivity index (χ2v) is 6.47. The van der Waals surface area contributed by atoms with Crippen LogP contribution in [0.5, 0.6) is 0 Å². The first-order valence-electron chi connectivity index (χ1n) is 8.67. The van der Waals surface area contributed by atoms with E-state index in [1.165, 1.54) is 10.9 Å². The zero-order valence-electron chi connectivity index (χ0n) is 14.4. The quantitative estimate of drug-likeness (QED) is 0.429. The number of para-hydroxylation sites is 2. The van der Waals surface area contributed by atoms with Gasteiger partial charge in [-0.05, 0) is 30.3 Å². The Hall–Kier alpha value is -3.46. The number of benzene rings is 2. The van der Waals surface area contributed by atoms with Gasteiger partial charge in [-0.2, -0.15) is 0 Å². The molecule has 0 spiro atoms. The minimum absolute atomic E-state index is 0.890. The van der Waals surface area contributed by atoms with Crippen molar-refractivity contribution < 1.29 is 0 Å². The van der Waals surface area contributed by atoms with Gasteiger partial charge in [0.2, 0.25) is 0 Å². The van der Waals surface area contributed by atoms with Gasteiger partial charge in [0, 0.05) is 35.1 Å². The average Bonchev–Trinajstić information content (AvgIpc) is 3.05. The molecule has 5 aromatic rings. The van der Waals surface area contributed by atoms with Gasteiger partial charge in [0.15, 0.2) is 0 Å².